The fourth-order valence-corrected chi connectivity index (χ4v) is 4.08. The summed E-state index contributed by atoms with van der Waals surface area (Å²) < 4.78 is 5.49. The van der Waals surface area contributed by atoms with Crippen molar-refractivity contribution >= 4 is 5.91 Å². The van der Waals surface area contributed by atoms with Crippen molar-refractivity contribution in [2.75, 3.05) is 39.4 Å². The van der Waals surface area contributed by atoms with Crippen LogP contribution in [0.15, 0.2) is 30.3 Å². The molecule has 5 nitrogen and oxygen atoms in total. The summed E-state index contributed by atoms with van der Waals surface area (Å²) in [5.74, 6) is 0.174. The van der Waals surface area contributed by atoms with Gasteiger partial charge in [-0.2, -0.15) is 0 Å². The minimum atomic E-state index is -0.154. The Kier molecular flexibility index (Phi) is 5.34. The number of ether oxygens (including phenoxy) is 1. The highest BCUT2D eigenvalue weighted by atomic mass is 16.5. The van der Waals surface area contributed by atoms with Crippen LogP contribution in [0.4, 0.5) is 0 Å². The van der Waals surface area contributed by atoms with Crippen LogP contribution >= 0.6 is 0 Å². The van der Waals surface area contributed by atoms with Crippen molar-refractivity contribution in [1.29, 1.82) is 0 Å². The Balaban J connectivity index is 1.42. The summed E-state index contributed by atoms with van der Waals surface area (Å²) in [6, 6.07) is 11.2. The second kappa shape index (κ2) is 7.85. The summed E-state index contributed by atoms with van der Waals surface area (Å²) in [6.07, 6.45) is 4.55. The third-order valence-corrected chi connectivity index (χ3v) is 5.71. The molecule has 1 atom stereocenters. The molecule has 0 aromatic heterocycles. The van der Waals surface area contributed by atoms with Crippen molar-refractivity contribution in [3.05, 3.63) is 35.9 Å². The third-order valence-electron chi connectivity index (χ3n) is 5.71. The molecule has 5 heteroatoms. The lowest BCUT2D eigenvalue weighted by atomic mass is 10.0. The number of rotatable bonds is 5. The first-order valence-electron chi connectivity index (χ1n) is 9.72. The van der Waals surface area contributed by atoms with E-state index in [-0.39, 0.29) is 11.9 Å². The van der Waals surface area contributed by atoms with E-state index < -0.39 is 0 Å². The average Bonchev–Trinajstić information content (AvgIpc) is 3.48. The van der Waals surface area contributed by atoms with Gasteiger partial charge in [0.2, 0.25) is 5.91 Å². The van der Waals surface area contributed by atoms with Crippen molar-refractivity contribution in [2.24, 2.45) is 0 Å². The highest BCUT2D eigenvalue weighted by molar-refractivity contribution is 5.83. The molecule has 1 aromatic carbocycles. The summed E-state index contributed by atoms with van der Waals surface area (Å²) in [5.41, 5.74) is 1.11. The van der Waals surface area contributed by atoms with Crippen molar-refractivity contribution < 1.29 is 9.53 Å². The number of nitrogens with one attached hydrogen (secondary N) is 1. The number of hydrogen-bond donors (Lipinski definition) is 1. The van der Waals surface area contributed by atoms with Crippen molar-refractivity contribution in [3.63, 3.8) is 0 Å². The van der Waals surface area contributed by atoms with Gasteiger partial charge in [-0.3, -0.25) is 14.6 Å². The number of amides is 1. The fourth-order valence-electron chi connectivity index (χ4n) is 4.08. The molecule has 2 saturated heterocycles. The lowest BCUT2D eigenvalue weighted by molar-refractivity contribution is -0.128. The van der Waals surface area contributed by atoms with E-state index in [1.54, 1.807) is 0 Å². The third kappa shape index (κ3) is 4.22. The quantitative estimate of drug-likeness (QED) is 0.886. The molecule has 0 bridgehead atoms. The van der Waals surface area contributed by atoms with E-state index in [9.17, 15) is 4.79 Å². The predicted molar refractivity (Wildman–Crippen MR) is 97.3 cm³/mol. The molecule has 1 aromatic rings. The molecule has 25 heavy (non-hydrogen) atoms. The van der Waals surface area contributed by atoms with E-state index in [1.165, 1.54) is 0 Å². The maximum absolute atomic E-state index is 12.9. The maximum Gasteiger partial charge on any atom is 0.242 e. The minimum absolute atomic E-state index is 0.154. The molecule has 3 fully saturated rings. The molecule has 2 aliphatic heterocycles. The Hall–Kier alpha value is -1.43. The molecule has 1 unspecified atom stereocenters. The first kappa shape index (κ1) is 17.0. The van der Waals surface area contributed by atoms with E-state index in [1.807, 2.05) is 18.2 Å². The Labute approximate surface area is 150 Å². The van der Waals surface area contributed by atoms with E-state index in [0.717, 1.165) is 70.6 Å². The van der Waals surface area contributed by atoms with Gasteiger partial charge in [0.05, 0.1) is 0 Å². The zero-order valence-corrected chi connectivity index (χ0v) is 14.9. The number of nitrogens with zero attached hydrogens (tertiary/aromatic N) is 2. The molecule has 1 N–H and O–H groups in total. The van der Waals surface area contributed by atoms with Crippen LogP contribution < -0.4 is 5.32 Å². The van der Waals surface area contributed by atoms with Gasteiger partial charge in [0, 0.05) is 51.5 Å². The number of carbonyl (C=O) groups excluding carboxylic acids is 1. The average molecular weight is 343 g/mol. The lowest BCUT2D eigenvalue weighted by Crippen LogP contribution is -2.54. The van der Waals surface area contributed by atoms with Gasteiger partial charge in [-0.05, 0) is 31.2 Å². The molecular weight excluding hydrogens is 314 g/mol. The number of benzene rings is 1. The summed E-state index contributed by atoms with van der Waals surface area (Å²) in [7, 11) is 0. The normalized spacial score (nSPS) is 24.8. The number of piperazine rings is 1. The van der Waals surface area contributed by atoms with Crippen molar-refractivity contribution in [3.8, 4) is 0 Å². The van der Waals surface area contributed by atoms with Crippen molar-refractivity contribution in [1.82, 2.24) is 15.1 Å². The van der Waals surface area contributed by atoms with Gasteiger partial charge < -0.3 is 10.1 Å². The van der Waals surface area contributed by atoms with Crippen LogP contribution in [-0.4, -0.2) is 67.2 Å². The summed E-state index contributed by atoms with van der Waals surface area (Å²) >= 11 is 0. The first-order chi connectivity index (χ1) is 12.3. The second-order valence-electron chi connectivity index (χ2n) is 7.51. The standard InChI is InChI=1S/C20H29N3O2/c24-20(21-17-6-7-17)19(16-4-2-1-3-5-16)23-12-10-22(11-13-23)18-8-14-25-15-9-18/h1-5,17-19H,6-15H2,(H,21,24). The Morgan fingerprint density at radius 2 is 1.68 bits per heavy atom. The van der Waals surface area contributed by atoms with Crippen LogP contribution in [0.25, 0.3) is 0 Å². The Morgan fingerprint density at radius 3 is 2.32 bits per heavy atom. The van der Waals surface area contributed by atoms with Gasteiger partial charge in [0.25, 0.3) is 0 Å². The first-order valence-corrected chi connectivity index (χ1v) is 9.72. The highest BCUT2D eigenvalue weighted by Gasteiger charge is 2.34. The largest absolute Gasteiger partial charge is 0.381 e. The molecule has 3 aliphatic rings. The van der Waals surface area contributed by atoms with E-state index >= 15 is 0 Å². The van der Waals surface area contributed by atoms with E-state index in [2.05, 4.69) is 27.2 Å². The molecule has 1 aliphatic carbocycles. The van der Waals surface area contributed by atoms with Gasteiger partial charge in [0.1, 0.15) is 6.04 Å². The van der Waals surface area contributed by atoms with Crippen LogP contribution in [0.3, 0.4) is 0 Å². The smallest absolute Gasteiger partial charge is 0.242 e. The second-order valence-corrected chi connectivity index (χ2v) is 7.51. The van der Waals surface area contributed by atoms with Crippen LogP contribution in [0.2, 0.25) is 0 Å². The predicted octanol–water partition coefficient (Wildman–Crippen LogP) is 1.80. The monoisotopic (exact) mass is 343 g/mol. The van der Waals surface area contributed by atoms with Crippen LogP contribution in [0.1, 0.15) is 37.3 Å². The van der Waals surface area contributed by atoms with Gasteiger partial charge in [-0.25, -0.2) is 0 Å². The SMILES string of the molecule is O=C(NC1CC1)C(c1ccccc1)N1CCN(C2CCOCC2)CC1. The number of hydrogen-bond acceptors (Lipinski definition) is 4. The van der Waals surface area contributed by atoms with Gasteiger partial charge in [0.15, 0.2) is 0 Å². The van der Waals surface area contributed by atoms with E-state index in [0.29, 0.717) is 12.1 Å². The summed E-state index contributed by atoms with van der Waals surface area (Å²) in [4.78, 5) is 17.9. The minimum Gasteiger partial charge on any atom is -0.381 e. The fraction of sp³-hybridized carbons (Fsp3) is 0.650. The lowest BCUT2D eigenvalue weighted by Gasteiger charge is -2.42. The molecular formula is C20H29N3O2. The molecule has 0 spiro atoms. The summed E-state index contributed by atoms with van der Waals surface area (Å²) in [5, 5.41) is 3.21. The Morgan fingerprint density at radius 1 is 1.00 bits per heavy atom. The molecule has 1 amide bonds. The van der Waals surface area contributed by atoms with Gasteiger partial charge in [-0.15, -0.1) is 0 Å². The van der Waals surface area contributed by atoms with Gasteiger partial charge in [-0.1, -0.05) is 30.3 Å². The highest BCUT2D eigenvalue weighted by Crippen LogP contribution is 2.27. The summed E-state index contributed by atoms with van der Waals surface area (Å²) in [6.45, 7) is 5.78. The van der Waals surface area contributed by atoms with Crippen LogP contribution in [-0.2, 0) is 9.53 Å². The molecule has 2 heterocycles. The van der Waals surface area contributed by atoms with Crippen LogP contribution in [0, 0.1) is 0 Å². The molecule has 1 saturated carbocycles. The Bertz CT molecular complexity index is 562. The molecule has 0 radical (unpaired) electrons. The number of carbonyl (C=O) groups is 1. The maximum atomic E-state index is 12.9. The molecule has 136 valence electrons. The zero-order valence-electron chi connectivity index (χ0n) is 14.9. The van der Waals surface area contributed by atoms with Gasteiger partial charge >= 0.3 is 0 Å². The van der Waals surface area contributed by atoms with E-state index in [4.69, 9.17) is 4.74 Å². The van der Waals surface area contributed by atoms with Crippen LogP contribution in [0.5, 0.6) is 0 Å². The van der Waals surface area contributed by atoms with Crippen molar-refractivity contribution in [2.45, 2.75) is 43.8 Å². The zero-order chi connectivity index (χ0) is 17.1. The molecule has 4 rings (SSSR count). The topological polar surface area (TPSA) is 44.8 Å².